The van der Waals surface area contributed by atoms with Gasteiger partial charge in [-0.1, -0.05) is 19.3 Å². The highest BCUT2D eigenvalue weighted by molar-refractivity contribution is 5.06. The zero-order valence-electron chi connectivity index (χ0n) is 13.5. The molecule has 21 heavy (non-hydrogen) atoms. The summed E-state index contributed by atoms with van der Waals surface area (Å²) in [7, 11) is 0. The van der Waals surface area contributed by atoms with Crippen LogP contribution >= 0.6 is 0 Å². The van der Waals surface area contributed by atoms with Crippen molar-refractivity contribution in [1.29, 1.82) is 0 Å². The first kappa shape index (κ1) is 15.8. The van der Waals surface area contributed by atoms with E-state index >= 15 is 0 Å². The highest BCUT2D eigenvalue weighted by Gasteiger charge is 2.55. The van der Waals surface area contributed by atoms with Gasteiger partial charge in [-0.05, 0) is 62.7 Å². The normalized spacial score (nSPS) is 37.0. The number of fused-ring (bicyclic) bond motifs is 1. The smallest absolute Gasteiger partial charge is 0.0716 e. The monoisotopic (exact) mass is 295 g/mol. The predicted octanol–water partition coefficient (Wildman–Crippen LogP) is 3.51. The molecule has 3 nitrogen and oxygen atoms in total. The van der Waals surface area contributed by atoms with E-state index in [0.29, 0.717) is 6.54 Å². The van der Waals surface area contributed by atoms with Gasteiger partial charge in [0, 0.05) is 19.8 Å². The zero-order valence-corrected chi connectivity index (χ0v) is 13.5. The van der Waals surface area contributed by atoms with E-state index in [-0.39, 0.29) is 5.60 Å². The SMILES string of the molecule is NCCO[C@]12CCC(COCC3CCCCC3)CCC1C2. The second kappa shape index (κ2) is 7.43. The number of hydrogen-bond donors (Lipinski definition) is 1. The zero-order chi connectivity index (χ0) is 14.5. The summed E-state index contributed by atoms with van der Waals surface area (Å²) in [6.45, 7) is 3.38. The molecule has 0 spiro atoms. The molecule has 0 aromatic carbocycles. The van der Waals surface area contributed by atoms with Gasteiger partial charge in [-0.25, -0.2) is 0 Å². The minimum atomic E-state index is 0.220. The standard InChI is InChI=1S/C18H33NO2/c19-10-11-21-18-9-8-16(6-7-17(18)12-18)14-20-13-15-4-2-1-3-5-15/h15-17H,1-14,19H2/t16?,17?,18-/m0/s1. The van der Waals surface area contributed by atoms with Crippen molar-refractivity contribution >= 4 is 0 Å². The van der Waals surface area contributed by atoms with Crippen LogP contribution in [0.1, 0.15) is 64.2 Å². The van der Waals surface area contributed by atoms with Gasteiger partial charge in [0.05, 0.1) is 12.2 Å². The van der Waals surface area contributed by atoms with Crippen molar-refractivity contribution in [2.75, 3.05) is 26.4 Å². The Hall–Kier alpha value is -0.120. The summed E-state index contributed by atoms with van der Waals surface area (Å²) < 4.78 is 12.1. The van der Waals surface area contributed by atoms with E-state index in [1.54, 1.807) is 0 Å². The topological polar surface area (TPSA) is 44.5 Å². The van der Waals surface area contributed by atoms with E-state index in [1.165, 1.54) is 64.2 Å². The maximum atomic E-state index is 6.07. The Morgan fingerprint density at radius 3 is 2.43 bits per heavy atom. The van der Waals surface area contributed by atoms with Gasteiger partial charge in [0.1, 0.15) is 0 Å². The van der Waals surface area contributed by atoms with E-state index in [9.17, 15) is 0 Å². The third-order valence-corrected chi connectivity index (χ3v) is 6.01. The fraction of sp³-hybridized carbons (Fsp3) is 1.00. The molecule has 3 aliphatic rings. The Morgan fingerprint density at radius 1 is 0.905 bits per heavy atom. The minimum Gasteiger partial charge on any atom is -0.381 e. The Kier molecular flexibility index (Phi) is 5.58. The fourth-order valence-corrected chi connectivity index (χ4v) is 4.49. The van der Waals surface area contributed by atoms with Crippen LogP contribution in [0.3, 0.4) is 0 Å². The molecule has 122 valence electrons. The largest absolute Gasteiger partial charge is 0.381 e. The molecule has 0 radical (unpaired) electrons. The van der Waals surface area contributed by atoms with Crippen LogP contribution in [-0.2, 0) is 9.47 Å². The molecule has 3 heteroatoms. The molecule has 2 N–H and O–H groups in total. The first-order chi connectivity index (χ1) is 10.3. The lowest BCUT2D eigenvalue weighted by atomic mass is 9.90. The highest BCUT2D eigenvalue weighted by Crippen LogP contribution is 2.55. The van der Waals surface area contributed by atoms with Gasteiger partial charge in [0.25, 0.3) is 0 Å². The molecule has 3 fully saturated rings. The van der Waals surface area contributed by atoms with Crippen LogP contribution in [0.25, 0.3) is 0 Å². The molecular formula is C18H33NO2. The van der Waals surface area contributed by atoms with Crippen molar-refractivity contribution in [2.45, 2.75) is 69.8 Å². The van der Waals surface area contributed by atoms with E-state index in [2.05, 4.69) is 0 Å². The van der Waals surface area contributed by atoms with E-state index in [4.69, 9.17) is 15.2 Å². The van der Waals surface area contributed by atoms with Gasteiger partial charge >= 0.3 is 0 Å². The molecule has 2 unspecified atom stereocenters. The van der Waals surface area contributed by atoms with Crippen LogP contribution in [0.2, 0.25) is 0 Å². The Morgan fingerprint density at radius 2 is 1.67 bits per heavy atom. The number of ether oxygens (including phenoxy) is 2. The van der Waals surface area contributed by atoms with Crippen LogP contribution in [0.5, 0.6) is 0 Å². The summed E-state index contributed by atoms with van der Waals surface area (Å²) in [5, 5.41) is 0. The van der Waals surface area contributed by atoms with Crippen LogP contribution in [0, 0.1) is 17.8 Å². The first-order valence-electron chi connectivity index (χ1n) is 9.24. The van der Waals surface area contributed by atoms with Gasteiger partial charge in [0.2, 0.25) is 0 Å². The molecule has 3 atom stereocenters. The van der Waals surface area contributed by atoms with Crippen molar-refractivity contribution in [3.8, 4) is 0 Å². The molecule has 3 rings (SSSR count). The number of nitrogens with two attached hydrogens (primary N) is 1. The van der Waals surface area contributed by atoms with Gasteiger partial charge in [-0.3, -0.25) is 0 Å². The lowest BCUT2D eigenvalue weighted by molar-refractivity contribution is 0.0152. The van der Waals surface area contributed by atoms with Crippen molar-refractivity contribution in [1.82, 2.24) is 0 Å². The molecule has 3 aliphatic carbocycles. The second-order valence-corrected chi connectivity index (χ2v) is 7.63. The Labute approximate surface area is 129 Å². The van der Waals surface area contributed by atoms with E-state index in [0.717, 1.165) is 37.6 Å². The number of hydrogen-bond acceptors (Lipinski definition) is 3. The molecular weight excluding hydrogens is 262 g/mol. The molecule has 0 bridgehead atoms. The second-order valence-electron chi connectivity index (χ2n) is 7.63. The van der Waals surface area contributed by atoms with Gasteiger partial charge in [-0.15, -0.1) is 0 Å². The summed E-state index contributed by atoms with van der Waals surface area (Å²) in [4.78, 5) is 0. The molecule has 0 aliphatic heterocycles. The van der Waals surface area contributed by atoms with Crippen LogP contribution < -0.4 is 5.73 Å². The third-order valence-electron chi connectivity index (χ3n) is 6.01. The Balaban J connectivity index is 1.34. The van der Waals surface area contributed by atoms with Crippen molar-refractivity contribution in [3.63, 3.8) is 0 Å². The van der Waals surface area contributed by atoms with E-state index < -0.39 is 0 Å². The summed E-state index contributed by atoms with van der Waals surface area (Å²) >= 11 is 0. The number of rotatable bonds is 7. The average molecular weight is 295 g/mol. The van der Waals surface area contributed by atoms with Gasteiger partial charge in [-0.2, -0.15) is 0 Å². The van der Waals surface area contributed by atoms with Crippen molar-refractivity contribution in [2.24, 2.45) is 23.5 Å². The average Bonchev–Trinajstić information content (AvgIpc) is 3.23. The molecule has 0 aromatic rings. The molecule has 0 saturated heterocycles. The summed E-state index contributed by atoms with van der Waals surface area (Å²) in [5.41, 5.74) is 5.80. The van der Waals surface area contributed by atoms with Crippen molar-refractivity contribution < 1.29 is 9.47 Å². The lowest BCUT2D eigenvalue weighted by Gasteiger charge is -2.23. The van der Waals surface area contributed by atoms with Crippen LogP contribution in [0.15, 0.2) is 0 Å². The van der Waals surface area contributed by atoms with Crippen LogP contribution in [0.4, 0.5) is 0 Å². The van der Waals surface area contributed by atoms with Gasteiger partial charge < -0.3 is 15.2 Å². The summed E-state index contributed by atoms with van der Waals surface area (Å²) in [5.74, 6) is 2.42. The minimum absolute atomic E-state index is 0.220. The summed E-state index contributed by atoms with van der Waals surface area (Å²) in [6.07, 6.45) is 13.5. The lowest BCUT2D eigenvalue weighted by Crippen LogP contribution is -2.22. The Bertz CT molecular complexity index is 316. The summed E-state index contributed by atoms with van der Waals surface area (Å²) in [6, 6.07) is 0. The third kappa shape index (κ3) is 4.20. The van der Waals surface area contributed by atoms with Crippen LogP contribution in [-0.4, -0.2) is 32.0 Å². The van der Waals surface area contributed by atoms with Crippen molar-refractivity contribution in [3.05, 3.63) is 0 Å². The van der Waals surface area contributed by atoms with E-state index in [1.807, 2.05) is 0 Å². The maximum Gasteiger partial charge on any atom is 0.0716 e. The molecule has 3 saturated carbocycles. The predicted molar refractivity (Wildman–Crippen MR) is 85.2 cm³/mol. The van der Waals surface area contributed by atoms with Gasteiger partial charge in [0.15, 0.2) is 0 Å². The highest BCUT2D eigenvalue weighted by atomic mass is 16.5. The quantitative estimate of drug-likeness (QED) is 0.781. The fourth-order valence-electron chi connectivity index (χ4n) is 4.49. The first-order valence-corrected chi connectivity index (χ1v) is 9.24. The molecule has 0 amide bonds. The molecule has 0 aromatic heterocycles. The molecule has 0 heterocycles. The maximum absolute atomic E-state index is 6.07.